The van der Waals surface area contributed by atoms with Crippen molar-refractivity contribution in [2.24, 2.45) is 0 Å². The molecule has 2 aromatic heterocycles. The summed E-state index contributed by atoms with van der Waals surface area (Å²) in [5.74, 6) is 0.281. The van der Waals surface area contributed by atoms with Gasteiger partial charge in [0.05, 0.1) is 5.02 Å². The third-order valence-corrected chi connectivity index (χ3v) is 4.72. The molecule has 6 heteroatoms. The van der Waals surface area contributed by atoms with Gasteiger partial charge in [-0.3, -0.25) is 4.79 Å². The van der Waals surface area contributed by atoms with Crippen molar-refractivity contribution in [1.29, 1.82) is 0 Å². The SMILES string of the molecule is Cc1onc(-c2ccccc2Cl)c1C(=O)NCCc1cccs1. The molecular weight excluding hydrogens is 332 g/mol. The first-order valence-electron chi connectivity index (χ1n) is 7.18. The first-order valence-corrected chi connectivity index (χ1v) is 8.44. The van der Waals surface area contributed by atoms with Gasteiger partial charge >= 0.3 is 0 Å². The molecule has 0 aliphatic heterocycles. The van der Waals surface area contributed by atoms with Gasteiger partial charge in [0, 0.05) is 17.0 Å². The lowest BCUT2D eigenvalue weighted by atomic mass is 10.1. The Morgan fingerprint density at radius 2 is 2.13 bits per heavy atom. The summed E-state index contributed by atoms with van der Waals surface area (Å²) in [5.41, 5.74) is 1.60. The number of amides is 1. The van der Waals surface area contributed by atoms with Gasteiger partial charge in [0.2, 0.25) is 0 Å². The number of thiophene rings is 1. The second-order valence-electron chi connectivity index (χ2n) is 5.03. The van der Waals surface area contributed by atoms with Crippen LogP contribution < -0.4 is 5.32 Å². The van der Waals surface area contributed by atoms with Crippen LogP contribution in [-0.2, 0) is 6.42 Å². The maximum absolute atomic E-state index is 12.5. The topological polar surface area (TPSA) is 55.1 Å². The molecule has 0 radical (unpaired) electrons. The maximum Gasteiger partial charge on any atom is 0.257 e. The molecule has 3 rings (SSSR count). The molecule has 0 aliphatic rings. The molecule has 1 aromatic carbocycles. The third kappa shape index (κ3) is 3.46. The number of carbonyl (C=O) groups excluding carboxylic acids is 1. The second-order valence-corrected chi connectivity index (χ2v) is 6.47. The Hall–Kier alpha value is -2.11. The van der Waals surface area contributed by atoms with Crippen molar-refractivity contribution in [3.63, 3.8) is 0 Å². The van der Waals surface area contributed by atoms with E-state index < -0.39 is 0 Å². The summed E-state index contributed by atoms with van der Waals surface area (Å²) >= 11 is 7.88. The lowest BCUT2D eigenvalue weighted by Crippen LogP contribution is -2.26. The number of rotatable bonds is 5. The van der Waals surface area contributed by atoms with Gasteiger partial charge in [0.25, 0.3) is 5.91 Å². The van der Waals surface area contributed by atoms with Crippen molar-refractivity contribution in [3.05, 3.63) is 63.0 Å². The Morgan fingerprint density at radius 3 is 2.87 bits per heavy atom. The smallest absolute Gasteiger partial charge is 0.257 e. The molecule has 23 heavy (non-hydrogen) atoms. The summed E-state index contributed by atoms with van der Waals surface area (Å²) in [7, 11) is 0. The van der Waals surface area contributed by atoms with Gasteiger partial charge in [-0.1, -0.05) is 41.0 Å². The molecule has 0 bridgehead atoms. The fraction of sp³-hybridized carbons (Fsp3) is 0.176. The fourth-order valence-electron chi connectivity index (χ4n) is 2.32. The van der Waals surface area contributed by atoms with Crippen molar-refractivity contribution >= 4 is 28.8 Å². The zero-order chi connectivity index (χ0) is 16.2. The highest BCUT2D eigenvalue weighted by atomic mass is 35.5. The summed E-state index contributed by atoms with van der Waals surface area (Å²) in [6.45, 7) is 2.29. The Labute approximate surface area is 143 Å². The van der Waals surface area contributed by atoms with E-state index in [0.717, 1.165) is 6.42 Å². The number of aryl methyl sites for hydroxylation is 1. The largest absolute Gasteiger partial charge is 0.360 e. The highest BCUT2D eigenvalue weighted by Crippen LogP contribution is 2.30. The summed E-state index contributed by atoms with van der Waals surface area (Å²) in [6.07, 6.45) is 0.801. The Balaban J connectivity index is 1.78. The van der Waals surface area contributed by atoms with E-state index in [1.807, 2.05) is 29.6 Å². The lowest BCUT2D eigenvalue weighted by Gasteiger charge is -2.06. The van der Waals surface area contributed by atoms with Crippen LogP contribution in [0, 0.1) is 6.92 Å². The van der Waals surface area contributed by atoms with Gasteiger partial charge in [-0.2, -0.15) is 0 Å². The molecule has 0 fully saturated rings. The monoisotopic (exact) mass is 346 g/mol. The molecule has 0 unspecified atom stereocenters. The minimum Gasteiger partial charge on any atom is -0.360 e. The van der Waals surface area contributed by atoms with Crippen molar-refractivity contribution in [3.8, 4) is 11.3 Å². The summed E-state index contributed by atoms with van der Waals surface area (Å²) in [6, 6.07) is 11.3. The van der Waals surface area contributed by atoms with E-state index in [-0.39, 0.29) is 5.91 Å². The lowest BCUT2D eigenvalue weighted by molar-refractivity contribution is 0.0953. The summed E-state index contributed by atoms with van der Waals surface area (Å²) in [4.78, 5) is 13.7. The van der Waals surface area contributed by atoms with Crippen LogP contribution in [0.4, 0.5) is 0 Å². The molecule has 1 N–H and O–H groups in total. The number of carbonyl (C=O) groups is 1. The number of nitrogens with zero attached hydrogens (tertiary/aromatic N) is 1. The third-order valence-electron chi connectivity index (χ3n) is 3.46. The van der Waals surface area contributed by atoms with Crippen molar-refractivity contribution in [2.75, 3.05) is 6.54 Å². The van der Waals surface area contributed by atoms with Crippen LogP contribution in [0.1, 0.15) is 21.0 Å². The van der Waals surface area contributed by atoms with E-state index in [1.165, 1.54) is 4.88 Å². The van der Waals surface area contributed by atoms with E-state index in [0.29, 0.717) is 34.1 Å². The number of aromatic nitrogens is 1. The molecule has 3 aromatic rings. The van der Waals surface area contributed by atoms with E-state index in [9.17, 15) is 4.79 Å². The van der Waals surface area contributed by atoms with Gasteiger partial charge in [-0.15, -0.1) is 11.3 Å². The molecule has 0 saturated heterocycles. The summed E-state index contributed by atoms with van der Waals surface area (Å²) in [5, 5.41) is 9.49. The maximum atomic E-state index is 12.5. The molecule has 118 valence electrons. The predicted octanol–water partition coefficient (Wildman–Crippen LogP) is 4.34. The molecule has 2 heterocycles. The first kappa shape index (κ1) is 15.8. The molecule has 0 atom stereocenters. The first-order chi connectivity index (χ1) is 11.2. The van der Waals surface area contributed by atoms with E-state index in [1.54, 1.807) is 24.3 Å². The van der Waals surface area contributed by atoms with Crippen LogP contribution in [0.3, 0.4) is 0 Å². The molecule has 4 nitrogen and oxygen atoms in total. The molecule has 0 aliphatic carbocycles. The van der Waals surface area contributed by atoms with Crippen LogP contribution in [-0.4, -0.2) is 17.6 Å². The molecule has 0 saturated carbocycles. The van der Waals surface area contributed by atoms with Gasteiger partial charge in [0.15, 0.2) is 0 Å². The Morgan fingerprint density at radius 1 is 1.30 bits per heavy atom. The van der Waals surface area contributed by atoms with Gasteiger partial charge in [-0.25, -0.2) is 0 Å². The van der Waals surface area contributed by atoms with Gasteiger partial charge < -0.3 is 9.84 Å². The van der Waals surface area contributed by atoms with Crippen molar-refractivity contribution in [2.45, 2.75) is 13.3 Å². The van der Waals surface area contributed by atoms with E-state index in [4.69, 9.17) is 16.1 Å². The normalized spacial score (nSPS) is 10.7. The minimum absolute atomic E-state index is 0.199. The van der Waals surface area contributed by atoms with Crippen LogP contribution >= 0.6 is 22.9 Å². The highest BCUT2D eigenvalue weighted by Gasteiger charge is 2.22. The number of hydrogen-bond donors (Lipinski definition) is 1. The Bertz CT molecular complexity index is 812. The van der Waals surface area contributed by atoms with Crippen LogP contribution in [0.25, 0.3) is 11.3 Å². The summed E-state index contributed by atoms with van der Waals surface area (Å²) < 4.78 is 5.21. The average molecular weight is 347 g/mol. The zero-order valence-corrected chi connectivity index (χ0v) is 14.1. The Kier molecular flexibility index (Phi) is 4.79. The van der Waals surface area contributed by atoms with Crippen LogP contribution in [0.15, 0.2) is 46.3 Å². The zero-order valence-electron chi connectivity index (χ0n) is 12.5. The number of nitrogens with one attached hydrogen (secondary N) is 1. The fourth-order valence-corrected chi connectivity index (χ4v) is 3.25. The predicted molar refractivity (Wildman–Crippen MR) is 92.0 cm³/mol. The molecule has 1 amide bonds. The van der Waals surface area contributed by atoms with Crippen molar-refractivity contribution < 1.29 is 9.32 Å². The number of halogens is 1. The standard InChI is InChI=1S/C17H15ClN2O2S/c1-11-15(17(21)19-9-8-12-5-4-10-23-12)16(20-22-11)13-6-2-3-7-14(13)18/h2-7,10H,8-9H2,1H3,(H,19,21). The average Bonchev–Trinajstić information content (AvgIpc) is 3.17. The number of hydrogen-bond acceptors (Lipinski definition) is 4. The van der Waals surface area contributed by atoms with Gasteiger partial charge in [-0.05, 0) is 30.9 Å². The minimum atomic E-state index is -0.199. The second kappa shape index (κ2) is 6.98. The number of benzene rings is 1. The van der Waals surface area contributed by atoms with Gasteiger partial charge in [0.1, 0.15) is 17.0 Å². The molecular formula is C17H15ClN2O2S. The van der Waals surface area contributed by atoms with E-state index >= 15 is 0 Å². The van der Waals surface area contributed by atoms with E-state index in [2.05, 4.69) is 16.5 Å². The quantitative estimate of drug-likeness (QED) is 0.747. The van der Waals surface area contributed by atoms with Crippen LogP contribution in [0.2, 0.25) is 5.02 Å². The van der Waals surface area contributed by atoms with Crippen LogP contribution in [0.5, 0.6) is 0 Å². The molecule has 0 spiro atoms. The van der Waals surface area contributed by atoms with Crippen molar-refractivity contribution in [1.82, 2.24) is 10.5 Å². The highest BCUT2D eigenvalue weighted by molar-refractivity contribution is 7.09.